The maximum atomic E-state index is 12.1. The molecular formula is C19H25N3O4S. The van der Waals surface area contributed by atoms with Gasteiger partial charge in [0, 0.05) is 12.1 Å². The Morgan fingerprint density at radius 2 is 2.11 bits per heavy atom. The Labute approximate surface area is 163 Å². The molecule has 3 rings (SSSR count). The lowest BCUT2D eigenvalue weighted by Crippen LogP contribution is -2.30. The number of nitrogens with zero attached hydrogens (tertiary/aromatic N) is 2. The Hall–Kier alpha value is -2.22. The number of thioether (sulfide) groups is 1. The Morgan fingerprint density at radius 1 is 1.26 bits per heavy atom. The van der Waals surface area contributed by atoms with Crippen molar-refractivity contribution in [3.8, 4) is 23.0 Å². The molecule has 0 unspecified atom stereocenters. The SMILES string of the molecule is CCCC[C@H](CC)CNC(=O)CSc1nnc(-c2ccc3c(c2)OCO3)o1. The lowest BCUT2D eigenvalue weighted by Gasteiger charge is -2.14. The summed E-state index contributed by atoms with van der Waals surface area (Å²) in [5, 5.41) is 11.4. The molecule has 27 heavy (non-hydrogen) atoms. The first-order valence-electron chi connectivity index (χ1n) is 9.32. The highest BCUT2D eigenvalue weighted by Gasteiger charge is 2.17. The van der Waals surface area contributed by atoms with Gasteiger partial charge in [0.05, 0.1) is 5.75 Å². The van der Waals surface area contributed by atoms with Gasteiger partial charge in [0.15, 0.2) is 11.5 Å². The Balaban J connectivity index is 1.47. The van der Waals surface area contributed by atoms with Crippen molar-refractivity contribution in [1.29, 1.82) is 0 Å². The summed E-state index contributed by atoms with van der Waals surface area (Å²) in [6, 6.07) is 5.45. The van der Waals surface area contributed by atoms with E-state index in [-0.39, 0.29) is 18.5 Å². The second kappa shape index (κ2) is 9.64. The second-order valence-electron chi connectivity index (χ2n) is 6.45. The van der Waals surface area contributed by atoms with E-state index >= 15 is 0 Å². The number of carbonyl (C=O) groups is 1. The quantitative estimate of drug-likeness (QED) is 0.615. The van der Waals surface area contributed by atoms with E-state index in [2.05, 4.69) is 29.4 Å². The molecule has 0 fully saturated rings. The van der Waals surface area contributed by atoms with Crippen LogP contribution in [-0.2, 0) is 4.79 Å². The van der Waals surface area contributed by atoms with Crippen LogP contribution in [0, 0.1) is 5.92 Å². The minimum atomic E-state index is -0.0159. The predicted molar refractivity (Wildman–Crippen MR) is 103 cm³/mol. The molecule has 0 spiro atoms. The van der Waals surface area contributed by atoms with Gasteiger partial charge in [-0.15, -0.1) is 10.2 Å². The van der Waals surface area contributed by atoms with Gasteiger partial charge < -0.3 is 19.2 Å². The number of hydrogen-bond donors (Lipinski definition) is 1. The smallest absolute Gasteiger partial charge is 0.277 e. The molecule has 7 nitrogen and oxygen atoms in total. The summed E-state index contributed by atoms with van der Waals surface area (Å²) in [5.41, 5.74) is 0.754. The van der Waals surface area contributed by atoms with E-state index in [1.807, 2.05) is 12.1 Å². The van der Waals surface area contributed by atoms with Gasteiger partial charge in [-0.1, -0.05) is 44.9 Å². The van der Waals surface area contributed by atoms with Crippen molar-refractivity contribution in [1.82, 2.24) is 15.5 Å². The van der Waals surface area contributed by atoms with Crippen molar-refractivity contribution in [2.45, 2.75) is 44.8 Å². The number of hydrogen-bond acceptors (Lipinski definition) is 7. The van der Waals surface area contributed by atoms with Crippen molar-refractivity contribution in [3.05, 3.63) is 18.2 Å². The maximum absolute atomic E-state index is 12.1. The monoisotopic (exact) mass is 391 g/mol. The zero-order chi connectivity index (χ0) is 19.1. The number of carbonyl (C=O) groups excluding carboxylic acids is 1. The average molecular weight is 391 g/mol. The molecule has 0 saturated heterocycles. The first-order chi connectivity index (χ1) is 13.2. The minimum absolute atomic E-state index is 0.0159. The fourth-order valence-electron chi connectivity index (χ4n) is 2.79. The number of ether oxygens (including phenoxy) is 2. The van der Waals surface area contributed by atoms with Crippen LogP contribution in [0.4, 0.5) is 0 Å². The van der Waals surface area contributed by atoms with Crippen LogP contribution in [0.1, 0.15) is 39.5 Å². The van der Waals surface area contributed by atoms with Gasteiger partial charge >= 0.3 is 0 Å². The molecule has 0 saturated carbocycles. The van der Waals surface area contributed by atoms with Crippen molar-refractivity contribution < 1.29 is 18.7 Å². The second-order valence-corrected chi connectivity index (χ2v) is 7.38. The number of unbranched alkanes of at least 4 members (excludes halogenated alkanes) is 1. The van der Waals surface area contributed by atoms with Crippen LogP contribution in [-0.4, -0.2) is 35.2 Å². The zero-order valence-electron chi connectivity index (χ0n) is 15.7. The molecule has 0 bridgehead atoms. The van der Waals surface area contributed by atoms with E-state index in [1.54, 1.807) is 6.07 Å². The minimum Gasteiger partial charge on any atom is -0.454 e. The van der Waals surface area contributed by atoms with Crippen LogP contribution in [0.2, 0.25) is 0 Å². The third-order valence-corrected chi connectivity index (χ3v) is 5.30. The first-order valence-corrected chi connectivity index (χ1v) is 10.3. The number of rotatable bonds is 10. The van der Waals surface area contributed by atoms with E-state index in [0.717, 1.165) is 24.9 Å². The molecule has 2 aromatic rings. The highest BCUT2D eigenvalue weighted by Crippen LogP contribution is 2.35. The summed E-state index contributed by atoms with van der Waals surface area (Å²) in [5.74, 6) is 2.54. The van der Waals surface area contributed by atoms with Crippen molar-refractivity contribution >= 4 is 17.7 Å². The van der Waals surface area contributed by atoms with Crippen molar-refractivity contribution in [3.63, 3.8) is 0 Å². The normalized spacial score (nSPS) is 13.6. The van der Waals surface area contributed by atoms with Gasteiger partial charge in [0.2, 0.25) is 18.6 Å². The van der Waals surface area contributed by atoms with Crippen LogP contribution in [0.25, 0.3) is 11.5 Å². The van der Waals surface area contributed by atoms with Gasteiger partial charge in [-0.25, -0.2) is 0 Å². The molecule has 1 aliphatic rings. The van der Waals surface area contributed by atoms with Crippen LogP contribution in [0.15, 0.2) is 27.8 Å². The predicted octanol–water partition coefficient (Wildman–Crippen LogP) is 3.89. The van der Waals surface area contributed by atoms with E-state index in [0.29, 0.717) is 28.5 Å². The fourth-order valence-corrected chi connectivity index (χ4v) is 3.39. The van der Waals surface area contributed by atoms with Gasteiger partial charge in [0.1, 0.15) is 0 Å². The topological polar surface area (TPSA) is 86.5 Å². The fraction of sp³-hybridized carbons (Fsp3) is 0.526. The van der Waals surface area contributed by atoms with E-state index in [4.69, 9.17) is 13.9 Å². The molecule has 1 amide bonds. The molecule has 1 aromatic heterocycles. The summed E-state index contributed by atoms with van der Waals surface area (Å²) >= 11 is 1.24. The standard InChI is InChI=1S/C19H25N3O4S/c1-3-5-6-13(4-2)10-20-17(23)11-27-19-22-21-18(26-19)14-7-8-15-16(9-14)25-12-24-15/h7-9,13H,3-6,10-12H2,1-2H3,(H,20,23)/t13-/m0/s1. The molecule has 146 valence electrons. The molecule has 1 N–H and O–H groups in total. The first kappa shape index (κ1) is 19.5. The summed E-state index contributed by atoms with van der Waals surface area (Å²) in [4.78, 5) is 12.1. The maximum Gasteiger partial charge on any atom is 0.277 e. The number of nitrogens with one attached hydrogen (secondary N) is 1. The van der Waals surface area contributed by atoms with E-state index < -0.39 is 0 Å². The van der Waals surface area contributed by atoms with E-state index in [1.165, 1.54) is 24.6 Å². The van der Waals surface area contributed by atoms with Crippen LogP contribution in [0.3, 0.4) is 0 Å². The van der Waals surface area contributed by atoms with Gasteiger partial charge in [0.25, 0.3) is 5.22 Å². The number of fused-ring (bicyclic) bond motifs is 1. The summed E-state index contributed by atoms with van der Waals surface area (Å²) in [6.45, 7) is 5.29. The Kier molecular flexibility index (Phi) is 6.98. The molecule has 2 heterocycles. The molecule has 1 aliphatic heterocycles. The van der Waals surface area contributed by atoms with Gasteiger partial charge in [-0.05, 0) is 30.5 Å². The van der Waals surface area contributed by atoms with Crippen LogP contribution >= 0.6 is 11.8 Å². The molecular weight excluding hydrogens is 366 g/mol. The Bertz CT molecular complexity index is 765. The van der Waals surface area contributed by atoms with E-state index in [9.17, 15) is 4.79 Å². The van der Waals surface area contributed by atoms with Gasteiger partial charge in [-0.3, -0.25) is 4.79 Å². The number of aromatic nitrogens is 2. The zero-order valence-corrected chi connectivity index (χ0v) is 16.5. The lowest BCUT2D eigenvalue weighted by atomic mass is 9.99. The molecule has 1 aromatic carbocycles. The summed E-state index contributed by atoms with van der Waals surface area (Å²) in [7, 11) is 0. The highest BCUT2D eigenvalue weighted by atomic mass is 32.2. The lowest BCUT2D eigenvalue weighted by molar-refractivity contribution is -0.118. The third kappa shape index (κ3) is 5.38. The molecule has 8 heteroatoms. The molecule has 1 atom stereocenters. The number of amides is 1. The van der Waals surface area contributed by atoms with Crippen molar-refractivity contribution in [2.75, 3.05) is 19.1 Å². The number of benzene rings is 1. The third-order valence-electron chi connectivity index (χ3n) is 4.48. The highest BCUT2D eigenvalue weighted by molar-refractivity contribution is 7.99. The Morgan fingerprint density at radius 3 is 2.93 bits per heavy atom. The largest absolute Gasteiger partial charge is 0.454 e. The molecule has 0 aliphatic carbocycles. The molecule has 0 radical (unpaired) electrons. The summed E-state index contributed by atoms with van der Waals surface area (Å²) in [6.07, 6.45) is 4.62. The van der Waals surface area contributed by atoms with Crippen LogP contribution in [0.5, 0.6) is 11.5 Å². The average Bonchev–Trinajstić information content (AvgIpc) is 3.35. The van der Waals surface area contributed by atoms with Crippen LogP contribution < -0.4 is 14.8 Å². The summed E-state index contributed by atoms with van der Waals surface area (Å²) < 4.78 is 16.3. The van der Waals surface area contributed by atoms with Crippen molar-refractivity contribution in [2.24, 2.45) is 5.92 Å². The van der Waals surface area contributed by atoms with Gasteiger partial charge in [-0.2, -0.15) is 0 Å².